The van der Waals surface area contributed by atoms with Crippen LogP contribution in [-0.4, -0.2) is 71.1 Å². The van der Waals surface area contributed by atoms with E-state index in [0.717, 1.165) is 12.8 Å². The van der Waals surface area contributed by atoms with Crippen LogP contribution in [0.4, 0.5) is 0 Å². The van der Waals surface area contributed by atoms with Gasteiger partial charge in [-0.1, -0.05) is 87.8 Å². The van der Waals surface area contributed by atoms with E-state index in [2.05, 4.69) is 114 Å². The lowest BCUT2D eigenvalue weighted by Gasteiger charge is -2.44. The molecule has 0 amide bonds. The molecule has 2 heterocycles. The average molecular weight is 765 g/mol. The molecule has 0 aliphatic carbocycles. The summed E-state index contributed by atoms with van der Waals surface area (Å²) in [4.78, 5) is 29.5. The van der Waals surface area contributed by atoms with Crippen molar-refractivity contribution in [1.29, 1.82) is 0 Å². The van der Waals surface area contributed by atoms with Crippen LogP contribution in [0.2, 0.25) is 54.4 Å². The third kappa shape index (κ3) is 10.2. The number of aromatic nitrogens is 2. The van der Waals surface area contributed by atoms with Crippen molar-refractivity contribution in [2.45, 2.75) is 167 Å². The van der Waals surface area contributed by atoms with Crippen molar-refractivity contribution in [3.8, 4) is 5.75 Å². The van der Waals surface area contributed by atoms with Gasteiger partial charge in [-0.25, -0.2) is 4.79 Å². The molecule has 290 valence electrons. The second-order valence-electron chi connectivity index (χ2n) is 18.7. The molecule has 2 N–H and O–H groups in total. The molecule has 1 aromatic heterocycles. The van der Waals surface area contributed by atoms with Gasteiger partial charge in [-0.3, -0.25) is 14.3 Å². The van der Waals surface area contributed by atoms with Crippen molar-refractivity contribution in [3.63, 3.8) is 0 Å². The smallest absolute Gasteiger partial charge is 0.330 e. The van der Waals surface area contributed by atoms with Crippen LogP contribution in [0.5, 0.6) is 5.75 Å². The molecule has 0 spiro atoms. The van der Waals surface area contributed by atoms with E-state index < -0.39 is 66.8 Å². The topological polar surface area (TPSA) is 121 Å². The number of unbranched alkanes of at least 4 members (excludes halogenated alkanes) is 1. The van der Waals surface area contributed by atoms with E-state index in [1.807, 2.05) is 0 Å². The molecule has 2 aromatic rings. The van der Waals surface area contributed by atoms with Crippen LogP contribution >= 0.6 is 0 Å². The van der Waals surface area contributed by atoms with Gasteiger partial charge in [-0.15, -0.1) is 0 Å². The van der Waals surface area contributed by atoms with Gasteiger partial charge in [0.2, 0.25) is 0 Å². The molecule has 13 heteroatoms. The highest BCUT2D eigenvalue weighted by Gasteiger charge is 2.55. The van der Waals surface area contributed by atoms with Crippen molar-refractivity contribution in [2.75, 3.05) is 13.2 Å². The maximum absolute atomic E-state index is 13.8. The largest absolute Gasteiger partial charge is 0.494 e. The molecule has 3 rings (SSSR count). The maximum atomic E-state index is 13.8. The Bertz CT molecular complexity index is 1570. The molecule has 1 aliphatic heterocycles. The van der Waals surface area contributed by atoms with E-state index in [9.17, 15) is 14.7 Å². The standard InChI is InChI=1S/C38H68N2O8Si3/c1-17-18-23-44-27-21-19-26(20-22-27)30(41)28-24-40(35(43)39-33(28)42)34-32(48-51(15,16)38(8,9)10)31(47-50(13,14)37(5,6)7)29(46-34)25-45-49(11,12)36(2,3)4/h19-22,24,29-32,34,41H,17-18,23,25H2,1-16H3,(H,39,42,43)/t29-,30?,31-,32-,34-/m1/s1. The summed E-state index contributed by atoms with van der Waals surface area (Å²) >= 11 is 0. The van der Waals surface area contributed by atoms with Gasteiger partial charge < -0.3 is 27.9 Å². The molecule has 10 nitrogen and oxygen atoms in total. The van der Waals surface area contributed by atoms with Crippen molar-refractivity contribution >= 4 is 25.0 Å². The zero-order valence-electron chi connectivity index (χ0n) is 34.4. The number of aromatic amines is 1. The SMILES string of the molecule is CCCCOc1ccc(C(O)c2cn([C@@H]3O[C@H](CO[Si](C)(C)C(C)(C)C)[C@@H](O[Si](C)(C)C(C)(C)C)[C@H]3O[Si](C)(C)C(C)(C)C)c(=O)[nH]c2=O)cc1. The molecule has 0 radical (unpaired) electrons. The molecule has 1 fully saturated rings. The molecule has 51 heavy (non-hydrogen) atoms. The number of hydrogen-bond donors (Lipinski definition) is 2. The Balaban J connectivity index is 2.17. The van der Waals surface area contributed by atoms with Crippen molar-refractivity contribution in [1.82, 2.24) is 9.55 Å². The monoisotopic (exact) mass is 764 g/mol. The van der Waals surface area contributed by atoms with Crippen LogP contribution in [0.25, 0.3) is 0 Å². The van der Waals surface area contributed by atoms with Crippen LogP contribution in [-0.2, 0) is 18.0 Å². The Hall–Kier alpha value is -1.85. The maximum Gasteiger partial charge on any atom is 0.330 e. The Morgan fingerprint density at radius 1 is 0.824 bits per heavy atom. The quantitative estimate of drug-likeness (QED) is 0.145. The average Bonchev–Trinajstić information content (AvgIpc) is 3.29. The first-order valence-electron chi connectivity index (χ1n) is 18.5. The van der Waals surface area contributed by atoms with Gasteiger partial charge in [0.25, 0.3) is 5.56 Å². The Morgan fingerprint density at radius 3 is 1.82 bits per heavy atom. The third-order valence-corrected chi connectivity index (χ3v) is 25.1. The number of aliphatic hydroxyl groups excluding tert-OH is 1. The first-order valence-corrected chi connectivity index (χ1v) is 27.3. The molecule has 1 aliphatic rings. The fourth-order valence-corrected chi connectivity index (χ4v) is 8.64. The summed E-state index contributed by atoms with van der Waals surface area (Å²) in [7, 11) is -7.10. The van der Waals surface area contributed by atoms with Gasteiger partial charge in [0.15, 0.2) is 31.2 Å². The second-order valence-corrected chi connectivity index (χ2v) is 33.1. The lowest BCUT2D eigenvalue weighted by Crippen LogP contribution is -2.55. The van der Waals surface area contributed by atoms with Gasteiger partial charge in [0.05, 0.1) is 18.8 Å². The van der Waals surface area contributed by atoms with E-state index in [-0.39, 0.29) is 27.3 Å². The number of nitrogens with zero attached hydrogens (tertiary/aromatic N) is 1. The molecule has 0 saturated carbocycles. The molecule has 1 saturated heterocycles. The van der Waals surface area contributed by atoms with Crippen LogP contribution in [0.1, 0.15) is 106 Å². The fraction of sp³-hybridized carbons (Fsp3) is 0.737. The number of nitrogens with one attached hydrogen (secondary N) is 1. The van der Waals surface area contributed by atoms with Gasteiger partial charge >= 0.3 is 5.69 Å². The van der Waals surface area contributed by atoms with E-state index in [4.69, 9.17) is 22.8 Å². The summed E-state index contributed by atoms with van der Waals surface area (Å²) in [5.74, 6) is 0.682. The minimum Gasteiger partial charge on any atom is -0.494 e. The minimum atomic E-state index is -2.49. The van der Waals surface area contributed by atoms with Gasteiger partial charge in [0, 0.05) is 6.20 Å². The van der Waals surface area contributed by atoms with Crippen molar-refractivity contribution in [2.24, 2.45) is 0 Å². The molecular weight excluding hydrogens is 697 g/mol. The third-order valence-electron chi connectivity index (χ3n) is 11.7. The predicted molar refractivity (Wildman–Crippen MR) is 213 cm³/mol. The zero-order chi connectivity index (χ0) is 39.0. The Kier molecular flexibility index (Phi) is 13.5. The zero-order valence-corrected chi connectivity index (χ0v) is 37.4. The molecule has 1 unspecified atom stereocenters. The van der Waals surface area contributed by atoms with Crippen LogP contribution in [0.3, 0.4) is 0 Å². The number of H-pyrrole nitrogens is 1. The lowest BCUT2D eigenvalue weighted by molar-refractivity contribution is -0.0513. The summed E-state index contributed by atoms with van der Waals surface area (Å²) in [5, 5.41) is 11.2. The number of rotatable bonds is 14. The molecule has 5 atom stereocenters. The van der Waals surface area contributed by atoms with Crippen molar-refractivity contribution < 1.29 is 27.9 Å². The fourth-order valence-electron chi connectivity index (χ4n) is 5.02. The van der Waals surface area contributed by atoms with E-state index >= 15 is 0 Å². The van der Waals surface area contributed by atoms with E-state index in [1.54, 1.807) is 24.3 Å². The normalized spacial score (nSPS) is 21.6. The Labute approximate surface area is 310 Å². The first kappa shape index (κ1) is 43.6. The summed E-state index contributed by atoms with van der Waals surface area (Å²) < 4.78 is 35.2. The van der Waals surface area contributed by atoms with Crippen LogP contribution in [0.15, 0.2) is 40.1 Å². The van der Waals surface area contributed by atoms with Gasteiger partial charge in [-0.2, -0.15) is 0 Å². The number of benzene rings is 1. The summed E-state index contributed by atoms with van der Waals surface area (Å²) in [6, 6.07) is 7.01. The number of ether oxygens (including phenoxy) is 2. The van der Waals surface area contributed by atoms with Crippen LogP contribution < -0.4 is 16.0 Å². The Morgan fingerprint density at radius 2 is 1.33 bits per heavy atom. The number of aliphatic hydroxyl groups is 1. The summed E-state index contributed by atoms with van der Waals surface area (Å²) in [5.41, 5.74) is -0.804. The highest BCUT2D eigenvalue weighted by molar-refractivity contribution is 6.75. The second kappa shape index (κ2) is 15.9. The van der Waals surface area contributed by atoms with E-state index in [1.165, 1.54) is 10.8 Å². The number of hydrogen-bond acceptors (Lipinski definition) is 8. The minimum absolute atomic E-state index is 0.0202. The summed E-state index contributed by atoms with van der Waals surface area (Å²) in [6.07, 6.45) is -0.672. The lowest BCUT2D eigenvalue weighted by atomic mass is 10.0. The van der Waals surface area contributed by atoms with Gasteiger partial charge in [-0.05, 0) is 78.5 Å². The highest BCUT2D eigenvalue weighted by Crippen LogP contribution is 2.46. The van der Waals surface area contributed by atoms with Crippen molar-refractivity contribution in [3.05, 3.63) is 62.4 Å². The molecule has 0 bridgehead atoms. The summed E-state index contributed by atoms with van der Waals surface area (Å²) in [6.45, 7) is 35.8. The van der Waals surface area contributed by atoms with Gasteiger partial charge in [0.1, 0.15) is 30.2 Å². The predicted octanol–water partition coefficient (Wildman–Crippen LogP) is 8.50. The molecular formula is C38H68N2O8Si3. The van der Waals surface area contributed by atoms with E-state index in [0.29, 0.717) is 17.9 Å². The van der Waals surface area contributed by atoms with Crippen LogP contribution in [0, 0.1) is 0 Å². The highest BCUT2D eigenvalue weighted by atomic mass is 28.4. The molecule has 1 aromatic carbocycles. The first-order chi connectivity index (χ1) is 23.1.